The minimum atomic E-state index is -4.71. The lowest BCUT2D eigenvalue weighted by molar-refractivity contribution is -0.193. The third-order valence-electron chi connectivity index (χ3n) is 11.9. The Hall–Kier alpha value is -5.95. The number of sulfone groups is 1. The molecule has 3 aliphatic rings. The smallest absolute Gasteiger partial charge is 0.416 e. The number of ketones is 1. The fraction of sp³-hybridized carbons (Fsp3) is 0.463. The number of ether oxygens (including phenoxy) is 2. The number of amides is 2. The molecule has 8 rings (SSSR count). The molecule has 2 unspecified atom stereocenters. The molecule has 0 bridgehead atoms. The molecule has 2 atom stereocenters. The molecule has 1 aliphatic carbocycles. The first-order chi connectivity index (χ1) is 38.7. The van der Waals surface area contributed by atoms with Crippen molar-refractivity contribution in [3.8, 4) is 18.1 Å². The molecule has 83 heavy (non-hydrogen) atoms. The third-order valence-corrected chi connectivity index (χ3v) is 14.7. The summed E-state index contributed by atoms with van der Waals surface area (Å²) in [6, 6.07) is 10.8. The van der Waals surface area contributed by atoms with Crippen LogP contribution in [-0.2, 0) is 70.0 Å². The van der Waals surface area contributed by atoms with Crippen molar-refractivity contribution in [3.63, 3.8) is 0 Å². The number of carboxylic acids is 1. The molecule has 4 heterocycles. The van der Waals surface area contributed by atoms with Crippen LogP contribution in [0.15, 0.2) is 69.1 Å². The van der Waals surface area contributed by atoms with Crippen molar-refractivity contribution in [1.82, 2.24) is 19.4 Å². The fourth-order valence-corrected chi connectivity index (χ4v) is 10.5. The monoisotopic (exact) mass is 1260 g/mol. The number of carboxylic acid groups (broad SMARTS) is 1. The summed E-state index contributed by atoms with van der Waals surface area (Å²) in [6.07, 6.45) is 11.8. The summed E-state index contributed by atoms with van der Waals surface area (Å²) in [5, 5.41) is 13.5. The van der Waals surface area contributed by atoms with Crippen molar-refractivity contribution < 1.29 is 78.6 Å². The molecule has 2 amide bonds. The van der Waals surface area contributed by atoms with Gasteiger partial charge in [0.15, 0.2) is 33.8 Å². The summed E-state index contributed by atoms with van der Waals surface area (Å²) < 4.78 is 109. The van der Waals surface area contributed by atoms with Crippen molar-refractivity contribution in [3.05, 3.63) is 105 Å². The maximum atomic E-state index is 14.5. The van der Waals surface area contributed by atoms with Gasteiger partial charge in [-0.2, -0.15) is 17.5 Å². The van der Waals surface area contributed by atoms with Gasteiger partial charge in [-0.05, 0) is 84.8 Å². The van der Waals surface area contributed by atoms with Gasteiger partial charge in [-0.3, -0.25) is 29.4 Å². The molecule has 1 fully saturated rings. The number of alkyl halides is 4. The first-order valence-corrected chi connectivity index (χ1v) is 32.7. The van der Waals surface area contributed by atoms with Gasteiger partial charge in [0.2, 0.25) is 10.7 Å². The number of carbonyl (C=O) groups is 4. The molecule has 3 N–H and O–H groups in total. The van der Waals surface area contributed by atoms with Gasteiger partial charge in [-0.25, -0.2) is 17.8 Å². The number of aromatic nitrogens is 3. The van der Waals surface area contributed by atoms with Gasteiger partial charge in [-0.15, -0.1) is 18.0 Å². The number of anilines is 2. The van der Waals surface area contributed by atoms with E-state index in [1.807, 2.05) is 35.9 Å². The summed E-state index contributed by atoms with van der Waals surface area (Å²) in [5.41, 5.74) is 2.52. The average Bonchev–Trinajstić information content (AvgIpc) is 3.45. The Morgan fingerprint density at radius 3 is 2.37 bits per heavy atom. The number of fused-ring (bicyclic) bond motifs is 2. The van der Waals surface area contributed by atoms with Crippen LogP contribution >= 0.6 is 30.7 Å². The molecule has 20 nitrogen and oxygen atoms in total. The van der Waals surface area contributed by atoms with Crippen molar-refractivity contribution in [1.29, 1.82) is 0 Å². The highest BCUT2D eigenvalue weighted by molar-refractivity contribution is 7.94. The number of terminal acetylenes is 1. The number of para-hydroxylation sites is 1. The lowest BCUT2D eigenvalue weighted by Gasteiger charge is -2.31. The molecular weight excluding hydrogens is 1190 g/mol. The van der Waals surface area contributed by atoms with Crippen LogP contribution in [0.4, 0.5) is 34.6 Å². The maximum absolute atomic E-state index is 14.5. The van der Waals surface area contributed by atoms with E-state index >= 15 is 0 Å². The predicted molar refractivity (Wildman–Crippen MR) is 308 cm³/mol. The first-order valence-electron chi connectivity index (χ1n) is 25.3. The molecular formula is C54H67ClF4N7O13PS3. The Bertz CT molecular complexity index is 3390. The number of rotatable bonds is 16. The van der Waals surface area contributed by atoms with Crippen LogP contribution in [0.2, 0.25) is 0 Å². The SMILES string of the molecule is C#CCN1C(=O)COc2cc(F)c(N=c3snc4n3CC(C)(C)C4)cc21.CCc1cccc(C)c1N(C(=O)CCl)C(C)COC.CS(=O)(=O)c1cc(C(F)(F)F)ccc1C(=O)c1cnoc1C1CC1.C[S+](C)C.O=C(O)CNCP(=O)([O-])O. The van der Waals surface area contributed by atoms with Crippen molar-refractivity contribution in [2.75, 3.05) is 80.4 Å². The van der Waals surface area contributed by atoms with Gasteiger partial charge < -0.3 is 42.9 Å². The Morgan fingerprint density at radius 1 is 1.16 bits per heavy atom. The van der Waals surface area contributed by atoms with Crippen LogP contribution in [0.3, 0.4) is 0 Å². The summed E-state index contributed by atoms with van der Waals surface area (Å²) >= 11 is 7.00. The van der Waals surface area contributed by atoms with E-state index in [4.69, 9.17) is 42.0 Å². The Labute approximate surface area is 491 Å². The highest BCUT2D eigenvalue weighted by Gasteiger charge is 2.37. The molecule has 0 radical (unpaired) electrons. The normalized spacial score (nSPS) is 15.4. The van der Waals surface area contributed by atoms with Gasteiger partial charge in [-0.1, -0.05) is 50.0 Å². The van der Waals surface area contributed by atoms with E-state index in [9.17, 15) is 54.6 Å². The van der Waals surface area contributed by atoms with Crippen molar-refractivity contribution >= 4 is 92.1 Å². The fourth-order valence-electron chi connectivity index (χ4n) is 8.27. The van der Waals surface area contributed by atoms with Crippen LogP contribution in [0.5, 0.6) is 5.75 Å². The molecule has 454 valence electrons. The number of hydrogen-bond donors (Lipinski definition) is 3. The molecule has 2 aromatic heterocycles. The van der Waals surface area contributed by atoms with E-state index < -0.39 is 64.5 Å². The van der Waals surface area contributed by atoms with Gasteiger partial charge in [0, 0.05) is 55.4 Å². The zero-order valence-electron chi connectivity index (χ0n) is 47.3. The Kier molecular flexibility index (Phi) is 25.3. The van der Waals surface area contributed by atoms with Crippen LogP contribution in [0, 0.1) is 30.5 Å². The molecule has 0 saturated heterocycles. The highest BCUT2D eigenvalue weighted by atomic mass is 35.5. The van der Waals surface area contributed by atoms with E-state index in [0.29, 0.717) is 51.6 Å². The third kappa shape index (κ3) is 20.4. The average molecular weight is 1260 g/mol. The van der Waals surface area contributed by atoms with Crippen molar-refractivity contribution in [2.24, 2.45) is 10.4 Å². The molecule has 1 saturated carbocycles. The number of nitrogens with one attached hydrogen (secondary N) is 1. The number of benzene rings is 3. The van der Waals surface area contributed by atoms with Crippen LogP contribution in [0.1, 0.15) is 90.7 Å². The number of carbonyl (C=O) groups excluding carboxylic acids is 3. The lowest BCUT2D eigenvalue weighted by Crippen LogP contribution is -2.43. The van der Waals surface area contributed by atoms with Gasteiger partial charge in [0.1, 0.15) is 30.7 Å². The highest BCUT2D eigenvalue weighted by Crippen LogP contribution is 2.43. The number of aryl methyl sites for hydroxylation is 2. The van der Waals surface area contributed by atoms with E-state index in [1.165, 1.54) is 34.8 Å². The van der Waals surface area contributed by atoms with E-state index in [0.717, 1.165) is 67.2 Å². The van der Waals surface area contributed by atoms with Gasteiger partial charge in [0.05, 0.1) is 84.4 Å². The first kappa shape index (κ1) is 69.5. The van der Waals surface area contributed by atoms with Crippen LogP contribution < -0.4 is 29.5 Å². The van der Waals surface area contributed by atoms with Crippen LogP contribution in [0.25, 0.3) is 0 Å². The number of halogens is 5. The zero-order chi connectivity index (χ0) is 62.4. The zero-order valence-corrected chi connectivity index (χ0v) is 51.4. The molecule has 2 aliphatic heterocycles. The van der Waals surface area contributed by atoms with E-state index in [-0.39, 0.29) is 65.0 Å². The second-order valence-electron chi connectivity index (χ2n) is 20.3. The summed E-state index contributed by atoms with van der Waals surface area (Å²) in [4.78, 5) is 72.3. The second kappa shape index (κ2) is 30.2. The summed E-state index contributed by atoms with van der Waals surface area (Å²) in [5.74, 6) is 1.31. The Balaban J connectivity index is 0.000000242. The summed E-state index contributed by atoms with van der Waals surface area (Å²) in [7, 11) is -6.11. The minimum Gasteiger partial charge on any atom is -0.778 e. The summed E-state index contributed by atoms with van der Waals surface area (Å²) in [6.45, 7) is 11.1. The van der Waals surface area contributed by atoms with Crippen LogP contribution in [-0.4, -0.2) is 133 Å². The van der Waals surface area contributed by atoms with Gasteiger partial charge in [0.25, 0.3) is 5.91 Å². The Morgan fingerprint density at radius 2 is 1.82 bits per heavy atom. The largest absolute Gasteiger partial charge is 0.778 e. The minimum absolute atomic E-state index is 0.0223. The van der Waals surface area contributed by atoms with E-state index in [1.54, 1.807) is 12.0 Å². The number of aliphatic carboxylic acids is 1. The van der Waals surface area contributed by atoms with Crippen molar-refractivity contribution in [2.45, 2.75) is 89.9 Å². The van der Waals surface area contributed by atoms with Gasteiger partial charge >= 0.3 is 12.1 Å². The topological polar surface area (TPSA) is 276 Å². The lowest BCUT2D eigenvalue weighted by atomic mass is 9.92. The molecule has 29 heteroatoms. The molecule has 3 aromatic carbocycles. The predicted octanol–water partition coefficient (Wildman–Crippen LogP) is 7.28. The number of nitrogens with zero attached hydrogens (tertiary/aromatic N) is 6. The quantitative estimate of drug-likeness (QED) is 0.0218. The molecule has 0 spiro atoms. The molecule has 5 aromatic rings. The second-order valence-corrected chi connectivity index (χ2v) is 27.4. The standard InChI is InChI=1S/C18H17FN4O2S.C15H22ClNO2.C15H12F3NO4S.C3H8NO5P.C3H9S/c1-4-5-22-13-7-12(11(19)6-14(13)25-9-16(22)24)20-17-23-10-18(2,3)8-15(23)21-26-17;1-5-13-8-6-7-11(2)15(13)17(14(18)9-16)12(3)10-19-4;1-24(21,22)12-6-9(15(16,17)18)4-5-10(12)13(20)11-7-19-23-14(11)8-2-3-8;5-3(6)1-4-2-10(7,8)9;1-4(2)3/h1,6-7H,5,8-10H2,2-3H3;6-8,12H,5,9-10H2,1-4H3;4-8H,2-3H2,1H3;4H,1-2H2,(H,5,6)(H2,7,8,9);1-3H3/q;;;;+1/p-1. The number of methoxy groups -OCH3 is 1. The number of hydrogen-bond acceptors (Lipinski definition) is 16. The maximum Gasteiger partial charge on any atom is 0.416 e. The van der Waals surface area contributed by atoms with E-state index in [2.05, 4.69) is 66.0 Å².